The second kappa shape index (κ2) is 6.89. The van der Waals surface area contributed by atoms with E-state index in [0.29, 0.717) is 18.1 Å². The molecule has 100 valence electrons. The summed E-state index contributed by atoms with van der Waals surface area (Å²) >= 11 is 8.46. The van der Waals surface area contributed by atoms with Crippen LogP contribution in [0.5, 0.6) is 5.75 Å². The predicted molar refractivity (Wildman–Crippen MR) is 69.2 cm³/mol. The number of benzene rings is 1. The Balaban J connectivity index is 2.64. The number of ether oxygens (including phenoxy) is 1. The lowest BCUT2D eigenvalue weighted by Gasteiger charge is -2.11. The average molecular weight is 345 g/mol. The van der Waals surface area contributed by atoms with E-state index in [-0.39, 0.29) is 10.2 Å². The molecule has 18 heavy (non-hydrogen) atoms. The molecule has 0 aromatic heterocycles. The van der Waals surface area contributed by atoms with Gasteiger partial charge in [-0.3, -0.25) is 0 Å². The second-order valence-electron chi connectivity index (χ2n) is 3.20. The SMILES string of the molecule is FC(F)(F)Oc1ccc(NC/C=C/CCl)cc1Br. The quantitative estimate of drug-likeness (QED) is 0.625. The van der Waals surface area contributed by atoms with Crippen molar-refractivity contribution in [2.24, 2.45) is 0 Å². The molecule has 7 heteroatoms. The minimum atomic E-state index is -4.69. The summed E-state index contributed by atoms with van der Waals surface area (Å²) in [6.45, 7) is 0.540. The zero-order valence-corrected chi connectivity index (χ0v) is 11.4. The standard InChI is InChI=1S/C11H10BrClF3NO/c12-9-7-8(17-6-2-1-5-13)3-4-10(9)18-11(14,15)16/h1-4,7,17H,5-6H2/b2-1+. The summed E-state index contributed by atoms with van der Waals surface area (Å²) < 4.78 is 40.1. The van der Waals surface area contributed by atoms with E-state index in [1.54, 1.807) is 6.08 Å². The smallest absolute Gasteiger partial charge is 0.405 e. The van der Waals surface area contributed by atoms with Gasteiger partial charge in [-0.05, 0) is 34.1 Å². The molecular weight excluding hydrogens is 334 g/mol. The van der Waals surface area contributed by atoms with Crippen LogP contribution in [0.15, 0.2) is 34.8 Å². The normalized spacial score (nSPS) is 11.8. The van der Waals surface area contributed by atoms with E-state index in [1.165, 1.54) is 18.2 Å². The summed E-state index contributed by atoms with van der Waals surface area (Å²) in [7, 11) is 0. The Morgan fingerprint density at radius 2 is 2.06 bits per heavy atom. The molecule has 1 aromatic rings. The Labute approximate surface area is 116 Å². The number of rotatable bonds is 5. The summed E-state index contributed by atoms with van der Waals surface area (Å²) in [6.07, 6.45) is -1.10. The van der Waals surface area contributed by atoms with E-state index < -0.39 is 6.36 Å². The van der Waals surface area contributed by atoms with E-state index in [1.807, 2.05) is 6.08 Å². The molecule has 0 radical (unpaired) electrons. The molecule has 0 fully saturated rings. The molecule has 0 spiro atoms. The molecule has 0 aliphatic rings. The second-order valence-corrected chi connectivity index (χ2v) is 4.36. The van der Waals surface area contributed by atoms with Gasteiger partial charge in [0.15, 0.2) is 0 Å². The molecule has 1 aromatic carbocycles. The number of anilines is 1. The van der Waals surface area contributed by atoms with Crippen molar-refractivity contribution in [2.75, 3.05) is 17.7 Å². The minimum Gasteiger partial charge on any atom is -0.405 e. The van der Waals surface area contributed by atoms with Gasteiger partial charge in [-0.2, -0.15) is 0 Å². The lowest BCUT2D eigenvalue weighted by molar-refractivity contribution is -0.274. The third-order valence-electron chi connectivity index (χ3n) is 1.84. The molecule has 0 unspecified atom stereocenters. The van der Waals surface area contributed by atoms with Crippen LogP contribution >= 0.6 is 27.5 Å². The summed E-state index contributed by atoms with van der Waals surface area (Å²) in [5.74, 6) is 0.147. The van der Waals surface area contributed by atoms with Gasteiger partial charge in [0, 0.05) is 18.1 Å². The minimum absolute atomic E-state index is 0.228. The van der Waals surface area contributed by atoms with E-state index in [9.17, 15) is 13.2 Å². The third kappa shape index (κ3) is 5.64. The number of hydrogen-bond acceptors (Lipinski definition) is 2. The average Bonchev–Trinajstić information content (AvgIpc) is 2.26. The van der Waals surface area contributed by atoms with Crippen molar-refractivity contribution in [2.45, 2.75) is 6.36 Å². The van der Waals surface area contributed by atoms with E-state index in [2.05, 4.69) is 26.0 Å². The molecule has 0 aliphatic heterocycles. The van der Waals surface area contributed by atoms with Crippen molar-refractivity contribution < 1.29 is 17.9 Å². The van der Waals surface area contributed by atoms with Crippen LogP contribution in [-0.2, 0) is 0 Å². The molecule has 0 saturated heterocycles. The Kier molecular flexibility index (Phi) is 5.81. The van der Waals surface area contributed by atoms with Gasteiger partial charge >= 0.3 is 6.36 Å². The fraction of sp³-hybridized carbons (Fsp3) is 0.273. The summed E-state index contributed by atoms with van der Waals surface area (Å²) in [4.78, 5) is 0. The van der Waals surface area contributed by atoms with Gasteiger partial charge in [-0.25, -0.2) is 0 Å². The Bertz CT molecular complexity index is 423. The van der Waals surface area contributed by atoms with E-state index in [4.69, 9.17) is 11.6 Å². The molecule has 0 atom stereocenters. The molecule has 1 rings (SSSR count). The largest absolute Gasteiger partial charge is 0.573 e. The fourth-order valence-electron chi connectivity index (χ4n) is 1.14. The van der Waals surface area contributed by atoms with Crippen molar-refractivity contribution in [3.63, 3.8) is 0 Å². The monoisotopic (exact) mass is 343 g/mol. The van der Waals surface area contributed by atoms with Gasteiger partial charge < -0.3 is 10.1 Å². The lowest BCUT2D eigenvalue weighted by Crippen LogP contribution is -2.17. The highest BCUT2D eigenvalue weighted by Crippen LogP contribution is 2.32. The Hall–Kier alpha value is -0.880. The first-order valence-corrected chi connectivity index (χ1v) is 6.25. The number of halogens is 5. The molecular formula is C11H10BrClF3NO. The lowest BCUT2D eigenvalue weighted by atomic mass is 10.3. The maximum atomic E-state index is 12.0. The molecule has 0 amide bonds. The molecule has 0 saturated carbocycles. The van der Waals surface area contributed by atoms with Crippen molar-refractivity contribution in [3.05, 3.63) is 34.8 Å². The van der Waals surface area contributed by atoms with Crippen LogP contribution in [0.25, 0.3) is 0 Å². The number of nitrogens with one attached hydrogen (secondary N) is 1. The van der Waals surface area contributed by atoms with Gasteiger partial charge in [0.25, 0.3) is 0 Å². The maximum Gasteiger partial charge on any atom is 0.573 e. The number of hydrogen-bond donors (Lipinski definition) is 1. The van der Waals surface area contributed by atoms with Crippen LogP contribution in [-0.4, -0.2) is 18.8 Å². The highest BCUT2D eigenvalue weighted by atomic mass is 79.9. The van der Waals surface area contributed by atoms with Crippen molar-refractivity contribution >= 4 is 33.2 Å². The van der Waals surface area contributed by atoms with Crippen molar-refractivity contribution in [1.82, 2.24) is 0 Å². The van der Waals surface area contributed by atoms with Crippen molar-refractivity contribution in [1.29, 1.82) is 0 Å². The Morgan fingerprint density at radius 3 is 2.61 bits per heavy atom. The molecule has 0 heterocycles. The maximum absolute atomic E-state index is 12.0. The van der Waals surface area contributed by atoms with Crippen LogP contribution in [0.1, 0.15) is 0 Å². The molecule has 2 nitrogen and oxygen atoms in total. The van der Waals surface area contributed by atoms with E-state index in [0.717, 1.165) is 0 Å². The van der Waals surface area contributed by atoms with Crippen molar-refractivity contribution in [3.8, 4) is 5.75 Å². The van der Waals surface area contributed by atoms with Gasteiger partial charge in [0.05, 0.1) is 4.47 Å². The van der Waals surface area contributed by atoms with Gasteiger partial charge in [-0.1, -0.05) is 12.2 Å². The third-order valence-corrected chi connectivity index (χ3v) is 2.64. The summed E-state index contributed by atoms with van der Waals surface area (Å²) in [5.41, 5.74) is 0.677. The van der Waals surface area contributed by atoms with Gasteiger partial charge in [-0.15, -0.1) is 24.8 Å². The molecule has 0 aliphatic carbocycles. The highest BCUT2D eigenvalue weighted by molar-refractivity contribution is 9.10. The number of allylic oxidation sites excluding steroid dienone is 1. The highest BCUT2D eigenvalue weighted by Gasteiger charge is 2.31. The van der Waals surface area contributed by atoms with Gasteiger partial charge in [0.2, 0.25) is 0 Å². The molecule has 0 bridgehead atoms. The predicted octanol–water partition coefficient (Wildman–Crippen LogP) is 4.55. The van der Waals surface area contributed by atoms with E-state index >= 15 is 0 Å². The van der Waals surface area contributed by atoms with Crippen LogP contribution in [0, 0.1) is 0 Å². The van der Waals surface area contributed by atoms with Crippen LogP contribution in [0.2, 0.25) is 0 Å². The number of alkyl halides is 4. The zero-order chi connectivity index (χ0) is 13.6. The van der Waals surface area contributed by atoms with Crippen LogP contribution < -0.4 is 10.1 Å². The summed E-state index contributed by atoms with van der Waals surface area (Å²) in [5, 5.41) is 3.00. The first-order chi connectivity index (χ1) is 8.42. The molecule has 1 N–H and O–H groups in total. The first kappa shape index (κ1) is 15.2. The Morgan fingerprint density at radius 1 is 1.33 bits per heavy atom. The van der Waals surface area contributed by atoms with Gasteiger partial charge in [0.1, 0.15) is 5.75 Å². The first-order valence-electron chi connectivity index (χ1n) is 4.92. The fourth-order valence-corrected chi connectivity index (χ4v) is 1.73. The van der Waals surface area contributed by atoms with Crippen LogP contribution in [0.3, 0.4) is 0 Å². The summed E-state index contributed by atoms with van der Waals surface area (Å²) in [6, 6.07) is 4.25. The topological polar surface area (TPSA) is 21.3 Å². The zero-order valence-electron chi connectivity index (χ0n) is 9.10. The van der Waals surface area contributed by atoms with Crippen LogP contribution in [0.4, 0.5) is 18.9 Å².